The minimum absolute atomic E-state index is 0.0762. The molecule has 0 amide bonds. The van der Waals surface area contributed by atoms with Gasteiger partial charge in [0, 0.05) is 10.0 Å². The Bertz CT molecular complexity index is 878. The van der Waals surface area contributed by atoms with E-state index in [0.717, 1.165) is 4.47 Å². The third-order valence-electron chi connectivity index (χ3n) is 3.16. The van der Waals surface area contributed by atoms with Crippen LogP contribution in [0.1, 0.15) is 20.8 Å². The van der Waals surface area contributed by atoms with Crippen molar-refractivity contribution in [2.45, 2.75) is 0 Å². The Balaban J connectivity index is 1.68. The van der Waals surface area contributed by atoms with Crippen LogP contribution in [0.15, 0.2) is 59.2 Å². The molecule has 5 nitrogen and oxygen atoms in total. The molecule has 23 heavy (non-hydrogen) atoms. The van der Waals surface area contributed by atoms with Crippen molar-refractivity contribution >= 4 is 38.7 Å². The highest BCUT2D eigenvalue weighted by Gasteiger charge is 2.14. The lowest BCUT2D eigenvalue weighted by atomic mass is 10.1. The highest BCUT2D eigenvalue weighted by atomic mass is 79.9. The molecule has 3 rings (SSSR count). The first kappa shape index (κ1) is 15.3. The molecule has 0 saturated heterocycles. The number of carbonyl (C=O) groups excluding carboxylic acids is 2. The van der Waals surface area contributed by atoms with Gasteiger partial charge < -0.3 is 4.74 Å². The second kappa shape index (κ2) is 6.66. The fraction of sp³-hybridized carbons (Fsp3) is 0.0588. The Morgan fingerprint density at radius 3 is 2.43 bits per heavy atom. The fourth-order valence-corrected chi connectivity index (χ4v) is 2.24. The van der Waals surface area contributed by atoms with Crippen LogP contribution in [-0.2, 0) is 4.74 Å². The van der Waals surface area contributed by atoms with Gasteiger partial charge in [0.15, 0.2) is 18.1 Å². The molecular formula is C17H11BrN2O3. The lowest BCUT2D eigenvalue weighted by Gasteiger charge is -2.05. The fourth-order valence-electron chi connectivity index (χ4n) is 1.98. The van der Waals surface area contributed by atoms with E-state index in [4.69, 9.17) is 4.74 Å². The molecule has 0 aliphatic heterocycles. The van der Waals surface area contributed by atoms with E-state index in [-0.39, 0.29) is 18.1 Å². The number of halogens is 1. The number of esters is 1. The van der Waals surface area contributed by atoms with E-state index in [1.165, 1.54) is 6.20 Å². The van der Waals surface area contributed by atoms with Crippen molar-refractivity contribution in [2.24, 2.45) is 0 Å². The van der Waals surface area contributed by atoms with Gasteiger partial charge in [-0.3, -0.25) is 9.78 Å². The number of hydrogen-bond acceptors (Lipinski definition) is 5. The van der Waals surface area contributed by atoms with Crippen molar-refractivity contribution in [3.63, 3.8) is 0 Å². The number of hydrogen-bond donors (Lipinski definition) is 0. The van der Waals surface area contributed by atoms with Gasteiger partial charge in [0.2, 0.25) is 0 Å². The number of aromatic nitrogens is 2. The van der Waals surface area contributed by atoms with Crippen LogP contribution >= 0.6 is 15.9 Å². The minimum Gasteiger partial charge on any atom is -0.453 e. The third-order valence-corrected chi connectivity index (χ3v) is 3.69. The number of ether oxygens (including phenoxy) is 1. The molecule has 0 fully saturated rings. The number of benzene rings is 2. The number of fused-ring (bicyclic) bond motifs is 1. The molecule has 2 aromatic carbocycles. The van der Waals surface area contributed by atoms with Crippen LogP contribution < -0.4 is 0 Å². The Hall–Kier alpha value is -2.60. The topological polar surface area (TPSA) is 69.2 Å². The van der Waals surface area contributed by atoms with Gasteiger partial charge in [-0.25, -0.2) is 9.78 Å². The molecule has 0 aliphatic carbocycles. The first-order valence-corrected chi connectivity index (χ1v) is 7.60. The van der Waals surface area contributed by atoms with Gasteiger partial charge in [-0.15, -0.1) is 0 Å². The first-order chi connectivity index (χ1) is 11.1. The zero-order chi connectivity index (χ0) is 16.2. The highest BCUT2D eigenvalue weighted by molar-refractivity contribution is 9.10. The Morgan fingerprint density at radius 2 is 1.70 bits per heavy atom. The van der Waals surface area contributed by atoms with Crippen molar-refractivity contribution < 1.29 is 14.3 Å². The molecule has 1 aromatic heterocycles. The normalized spacial score (nSPS) is 10.5. The number of ketones is 1. The maximum Gasteiger partial charge on any atom is 0.359 e. The zero-order valence-electron chi connectivity index (χ0n) is 11.9. The van der Waals surface area contributed by atoms with Crippen molar-refractivity contribution in [3.8, 4) is 0 Å². The SMILES string of the molecule is O=C(COC(=O)c1cnc2ccccc2n1)c1ccc(Br)cc1. The molecule has 0 saturated carbocycles. The predicted octanol–water partition coefficient (Wildman–Crippen LogP) is 3.43. The third kappa shape index (κ3) is 3.60. The van der Waals surface area contributed by atoms with E-state index in [1.807, 2.05) is 12.1 Å². The van der Waals surface area contributed by atoms with Crippen LogP contribution in [0.25, 0.3) is 11.0 Å². The van der Waals surface area contributed by atoms with E-state index in [2.05, 4.69) is 25.9 Å². The number of Topliss-reactive ketones (excluding diaryl/α,β-unsaturated/α-hetero) is 1. The Morgan fingerprint density at radius 1 is 1.00 bits per heavy atom. The van der Waals surface area contributed by atoms with Gasteiger partial charge in [0.25, 0.3) is 0 Å². The summed E-state index contributed by atoms with van der Waals surface area (Å²) < 4.78 is 5.89. The molecule has 0 spiro atoms. The zero-order valence-corrected chi connectivity index (χ0v) is 13.5. The summed E-state index contributed by atoms with van der Waals surface area (Å²) in [5, 5.41) is 0. The second-order valence-electron chi connectivity index (χ2n) is 4.75. The molecule has 0 bridgehead atoms. The summed E-state index contributed by atoms with van der Waals surface area (Å²) in [5.41, 5.74) is 1.84. The summed E-state index contributed by atoms with van der Waals surface area (Å²) in [6, 6.07) is 14.0. The van der Waals surface area contributed by atoms with Gasteiger partial charge in [-0.1, -0.05) is 40.2 Å². The number of para-hydroxylation sites is 2. The van der Waals surface area contributed by atoms with Crippen LogP contribution in [0.5, 0.6) is 0 Å². The van der Waals surface area contributed by atoms with E-state index in [1.54, 1.807) is 36.4 Å². The molecule has 0 unspecified atom stereocenters. The average molecular weight is 371 g/mol. The monoisotopic (exact) mass is 370 g/mol. The van der Waals surface area contributed by atoms with Crippen molar-refractivity contribution in [3.05, 3.63) is 70.5 Å². The molecule has 0 radical (unpaired) electrons. The summed E-state index contributed by atoms with van der Waals surface area (Å²) in [5.74, 6) is -0.951. The maximum absolute atomic E-state index is 12.0. The molecule has 0 aliphatic rings. The lowest BCUT2D eigenvalue weighted by Crippen LogP contribution is -2.15. The van der Waals surface area contributed by atoms with Gasteiger partial charge in [0.05, 0.1) is 17.2 Å². The molecule has 6 heteroatoms. The standard InChI is InChI=1S/C17H11BrN2O3/c18-12-7-5-11(6-8-12)16(21)10-23-17(22)15-9-19-13-3-1-2-4-14(13)20-15/h1-9H,10H2. The quantitative estimate of drug-likeness (QED) is 0.519. The van der Waals surface area contributed by atoms with E-state index < -0.39 is 5.97 Å². The van der Waals surface area contributed by atoms with Gasteiger partial charge >= 0.3 is 5.97 Å². The number of rotatable bonds is 4. The van der Waals surface area contributed by atoms with Crippen LogP contribution in [0.2, 0.25) is 0 Å². The highest BCUT2D eigenvalue weighted by Crippen LogP contribution is 2.12. The summed E-state index contributed by atoms with van der Waals surface area (Å²) in [4.78, 5) is 32.3. The Kier molecular flexibility index (Phi) is 4.43. The van der Waals surface area contributed by atoms with Crippen LogP contribution in [0.4, 0.5) is 0 Å². The number of nitrogens with zero attached hydrogens (tertiary/aromatic N) is 2. The second-order valence-corrected chi connectivity index (χ2v) is 5.67. The average Bonchev–Trinajstić information content (AvgIpc) is 2.59. The summed E-state index contributed by atoms with van der Waals surface area (Å²) in [6.07, 6.45) is 1.34. The maximum atomic E-state index is 12.0. The summed E-state index contributed by atoms with van der Waals surface area (Å²) >= 11 is 3.30. The molecule has 1 heterocycles. The summed E-state index contributed by atoms with van der Waals surface area (Å²) in [6.45, 7) is -0.338. The lowest BCUT2D eigenvalue weighted by molar-refractivity contribution is 0.0469. The van der Waals surface area contributed by atoms with Gasteiger partial charge in [-0.05, 0) is 24.3 Å². The van der Waals surface area contributed by atoms with Crippen molar-refractivity contribution in [1.29, 1.82) is 0 Å². The molecule has 0 N–H and O–H groups in total. The van der Waals surface area contributed by atoms with E-state index in [0.29, 0.717) is 16.6 Å². The predicted molar refractivity (Wildman–Crippen MR) is 88.3 cm³/mol. The van der Waals surface area contributed by atoms with Crippen LogP contribution in [0.3, 0.4) is 0 Å². The molecule has 0 atom stereocenters. The Labute approximate surface area is 140 Å². The molecular weight excluding hydrogens is 360 g/mol. The first-order valence-electron chi connectivity index (χ1n) is 6.81. The summed E-state index contributed by atoms with van der Waals surface area (Å²) in [7, 11) is 0. The van der Waals surface area contributed by atoms with Crippen LogP contribution in [0, 0.1) is 0 Å². The largest absolute Gasteiger partial charge is 0.453 e. The van der Waals surface area contributed by atoms with Crippen molar-refractivity contribution in [2.75, 3.05) is 6.61 Å². The number of carbonyl (C=O) groups is 2. The van der Waals surface area contributed by atoms with Gasteiger partial charge in [-0.2, -0.15) is 0 Å². The van der Waals surface area contributed by atoms with E-state index >= 15 is 0 Å². The smallest absolute Gasteiger partial charge is 0.359 e. The van der Waals surface area contributed by atoms with Gasteiger partial charge in [0.1, 0.15) is 0 Å². The van der Waals surface area contributed by atoms with Crippen molar-refractivity contribution in [1.82, 2.24) is 9.97 Å². The van der Waals surface area contributed by atoms with Crippen LogP contribution in [-0.4, -0.2) is 28.3 Å². The molecule has 114 valence electrons. The molecule has 3 aromatic rings. The van der Waals surface area contributed by atoms with E-state index in [9.17, 15) is 9.59 Å². The minimum atomic E-state index is -0.672.